The average molecular weight is 324 g/mol. The largest absolute Gasteiger partial charge is 0.491 e. The zero-order valence-electron chi connectivity index (χ0n) is 7.84. The monoisotopic (exact) mass is 322 g/mol. The third-order valence-corrected chi connectivity index (χ3v) is 2.95. The Morgan fingerprint density at radius 1 is 1.36 bits per heavy atom. The molecule has 4 heteroatoms. The minimum absolute atomic E-state index is 0.323. The van der Waals surface area contributed by atoms with E-state index < -0.39 is 0 Å². The van der Waals surface area contributed by atoms with Crippen molar-refractivity contribution in [3.63, 3.8) is 0 Å². The Morgan fingerprint density at radius 2 is 1.93 bits per heavy atom. The Balaban J connectivity index is 2.58. The Kier molecular flexibility index (Phi) is 4.92. The predicted molar refractivity (Wildman–Crippen MR) is 63.6 cm³/mol. The van der Waals surface area contributed by atoms with Crippen molar-refractivity contribution in [3.8, 4) is 5.75 Å². The van der Waals surface area contributed by atoms with Crippen LogP contribution in [-0.2, 0) is 0 Å². The lowest BCUT2D eigenvalue weighted by Gasteiger charge is -2.10. The summed E-state index contributed by atoms with van der Waals surface area (Å²) in [7, 11) is 0. The lowest BCUT2D eigenvalue weighted by molar-refractivity contribution is 0.155. The van der Waals surface area contributed by atoms with E-state index in [-0.39, 0.29) is 6.10 Å². The summed E-state index contributed by atoms with van der Waals surface area (Å²) in [6.07, 6.45) is 0.310. The first-order valence-corrected chi connectivity index (χ1v) is 5.94. The summed E-state index contributed by atoms with van der Waals surface area (Å²) in [5, 5.41) is 9.07. The molecule has 0 amide bonds. The SMILES string of the molecule is CC(O)CCOc1c(Br)cccc1Br. The molecule has 1 aromatic carbocycles. The van der Waals surface area contributed by atoms with Crippen LogP contribution in [0.25, 0.3) is 0 Å². The number of halogens is 2. The van der Waals surface area contributed by atoms with E-state index in [4.69, 9.17) is 9.84 Å². The number of hydrogen-bond acceptors (Lipinski definition) is 2. The molecule has 1 rings (SSSR count). The molecule has 78 valence electrons. The highest BCUT2D eigenvalue weighted by Gasteiger charge is 2.05. The van der Waals surface area contributed by atoms with Gasteiger partial charge in [-0.25, -0.2) is 0 Å². The number of rotatable bonds is 4. The van der Waals surface area contributed by atoms with Gasteiger partial charge in [0.05, 0.1) is 21.7 Å². The van der Waals surface area contributed by atoms with Crippen LogP contribution in [0, 0.1) is 0 Å². The highest BCUT2D eigenvalue weighted by molar-refractivity contribution is 9.11. The van der Waals surface area contributed by atoms with Crippen LogP contribution < -0.4 is 4.74 Å². The number of ether oxygens (including phenoxy) is 1. The standard InChI is InChI=1S/C10H12Br2O2/c1-7(13)5-6-14-10-8(11)3-2-4-9(10)12/h2-4,7,13H,5-6H2,1H3. The third-order valence-electron chi connectivity index (χ3n) is 1.70. The lowest BCUT2D eigenvalue weighted by atomic mass is 10.3. The Bertz CT molecular complexity index is 280. The van der Waals surface area contributed by atoms with Crippen LogP contribution in [0.5, 0.6) is 5.75 Å². The first kappa shape index (κ1) is 12.0. The molecule has 2 nitrogen and oxygen atoms in total. The molecule has 0 radical (unpaired) electrons. The molecule has 1 unspecified atom stereocenters. The van der Waals surface area contributed by atoms with Crippen molar-refractivity contribution in [3.05, 3.63) is 27.1 Å². The first-order chi connectivity index (χ1) is 6.61. The molecule has 0 heterocycles. The van der Waals surface area contributed by atoms with Gasteiger partial charge in [-0.15, -0.1) is 0 Å². The van der Waals surface area contributed by atoms with Gasteiger partial charge < -0.3 is 9.84 Å². The van der Waals surface area contributed by atoms with E-state index in [0.717, 1.165) is 14.7 Å². The Morgan fingerprint density at radius 3 is 2.43 bits per heavy atom. The fourth-order valence-electron chi connectivity index (χ4n) is 0.952. The molecule has 0 aliphatic carbocycles. The molecule has 0 saturated carbocycles. The van der Waals surface area contributed by atoms with E-state index >= 15 is 0 Å². The summed E-state index contributed by atoms with van der Waals surface area (Å²) in [5.41, 5.74) is 0. The van der Waals surface area contributed by atoms with Crippen molar-refractivity contribution in [2.75, 3.05) is 6.61 Å². The van der Waals surface area contributed by atoms with Gasteiger partial charge in [0.2, 0.25) is 0 Å². The summed E-state index contributed by atoms with van der Waals surface area (Å²) in [5.74, 6) is 0.785. The molecule has 1 atom stereocenters. The summed E-state index contributed by atoms with van der Waals surface area (Å²) >= 11 is 6.79. The predicted octanol–water partition coefficient (Wildman–Crippen LogP) is 3.36. The summed E-state index contributed by atoms with van der Waals surface area (Å²) in [6, 6.07) is 5.76. The number of para-hydroxylation sites is 1. The fourth-order valence-corrected chi connectivity index (χ4v) is 2.18. The first-order valence-electron chi connectivity index (χ1n) is 4.36. The van der Waals surface area contributed by atoms with Gasteiger partial charge in [0.15, 0.2) is 0 Å². The summed E-state index contributed by atoms with van der Waals surface area (Å²) in [6.45, 7) is 2.26. The second-order valence-electron chi connectivity index (χ2n) is 3.04. The fraction of sp³-hybridized carbons (Fsp3) is 0.400. The molecule has 14 heavy (non-hydrogen) atoms. The molecule has 0 aliphatic heterocycles. The quantitative estimate of drug-likeness (QED) is 0.920. The van der Waals surface area contributed by atoms with Crippen molar-refractivity contribution in [2.24, 2.45) is 0 Å². The van der Waals surface area contributed by atoms with Crippen LogP contribution in [0.2, 0.25) is 0 Å². The summed E-state index contributed by atoms with van der Waals surface area (Å²) < 4.78 is 7.35. The van der Waals surface area contributed by atoms with Crippen LogP contribution in [0.1, 0.15) is 13.3 Å². The maximum Gasteiger partial charge on any atom is 0.147 e. The molecular formula is C10H12Br2O2. The number of benzene rings is 1. The number of hydrogen-bond donors (Lipinski definition) is 1. The van der Waals surface area contributed by atoms with Gasteiger partial charge in [-0.05, 0) is 50.9 Å². The minimum Gasteiger partial charge on any atom is -0.491 e. The second kappa shape index (κ2) is 5.73. The molecule has 0 aliphatic rings. The van der Waals surface area contributed by atoms with Gasteiger partial charge in [0, 0.05) is 6.42 Å². The Labute approximate surface area is 101 Å². The van der Waals surface area contributed by atoms with Crippen LogP contribution in [0.4, 0.5) is 0 Å². The van der Waals surface area contributed by atoms with Crippen molar-refractivity contribution >= 4 is 31.9 Å². The van der Waals surface area contributed by atoms with Gasteiger partial charge in [-0.3, -0.25) is 0 Å². The van der Waals surface area contributed by atoms with Gasteiger partial charge in [0.25, 0.3) is 0 Å². The topological polar surface area (TPSA) is 29.5 Å². The zero-order valence-corrected chi connectivity index (χ0v) is 11.0. The molecule has 0 aromatic heterocycles. The highest BCUT2D eigenvalue weighted by Crippen LogP contribution is 2.32. The summed E-state index contributed by atoms with van der Waals surface area (Å²) in [4.78, 5) is 0. The van der Waals surface area contributed by atoms with E-state index in [2.05, 4.69) is 31.9 Å². The van der Waals surface area contributed by atoms with Crippen molar-refractivity contribution < 1.29 is 9.84 Å². The number of aliphatic hydroxyl groups is 1. The zero-order chi connectivity index (χ0) is 10.6. The molecule has 0 spiro atoms. The van der Waals surface area contributed by atoms with E-state index in [9.17, 15) is 0 Å². The molecule has 1 N–H and O–H groups in total. The number of aliphatic hydroxyl groups excluding tert-OH is 1. The minimum atomic E-state index is -0.323. The third kappa shape index (κ3) is 3.59. The van der Waals surface area contributed by atoms with Crippen LogP contribution in [0.15, 0.2) is 27.1 Å². The molecular weight excluding hydrogens is 312 g/mol. The van der Waals surface area contributed by atoms with E-state index in [1.165, 1.54) is 0 Å². The Hall–Kier alpha value is -0.0600. The van der Waals surface area contributed by atoms with Crippen molar-refractivity contribution in [1.82, 2.24) is 0 Å². The van der Waals surface area contributed by atoms with Crippen LogP contribution in [0.3, 0.4) is 0 Å². The average Bonchev–Trinajstić information content (AvgIpc) is 2.09. The van der Waals surface area contributed by atoms with Gasteiger partial charge in [-0.1, -0.05) is 6.07 Å². The second-order valence-corrected chi connectivity index (χ2v) is 4.75. The highest BCUT2D eigenvalue weighted by atomic mass is 79.9. The van der Waals surface area contributed by atoms with E-state index in [1.54, 1.807) is 6.92 Å². The maximum atomic E-state index is 9.07. The van der Waals surface area contributed by atoms with Crippen molar-refractivity contribution in [1.29, 1.82) is 0 Å². The maximum absolute atomic E-state index is 9.07. The van der Waals surface area contributed by atoms with Gasteiger partial charge in [0.1, 0.15) is 5.75 Å². The van der Waals surface area contributed by atoms with Crippen LogP contribution >= 0.6 is 31.9 Å². The van der Waals surface area contributed by atoms with Crippen LogP contribution in [-0.4, -0.2) is 17.8 Å². The normalized spacial score (nSPS) is 12.6. The van der Waals surface area contributed by atoms with Gasteiger partial charge in [-0.2, -0.15) is 0 Å². The van der Waals surface area contributed by atoms with Gasteiger partial charge >= 0.3 is 0 Å². The molecule has 1 aromatic rings. The molecule has 0 fully saturated rings. The van der Waals surface area contributed by atoms with Crippen molar-refractivity contribution in [2.45, 2.75) is 19.4 Å². The molecule has 0 bridgehead atoms. The van der Waals surface area contributed by atoms with E-state index in [1.807, 2.05) is 18.2 Å². The molecule has 0 saturated heterocycles. The van der Waals surface area contributed by atoms with E-state index in [0.29, 0.717) is 13.0 Å². The smallest absolute Gasteiger partial charge is 0.147 e. The lowest BCUT2D eigenvalue weighted by Crippen LogP contribution is -2.07.